The minimum atomic E-state index is 0.292. The molecule has 0 aromatic heterocycles. The first-order valence-corrected chi connectivity index (χ1v) is 5.85. The maximum atomic E-state index is 2.33. The van der Waals surface area contributed by atoms with Crippen molar-refractivity contribution in [2.75, 3.05) is 0 Å². The second-order valence-corrected chi connectivity index (χ2v) is 5.39. The SMILES string of the molecule is C[B]c1ccc(C(C)(C)CC(C)C)cc1. The van der Waals surface area contributed by atoms with Gasteiger partial charge in [-0.05, 0) is 23.3 Å². The highest BCUT2D eigenvalue weighted by atomic mass is 14.3. The largest absolute Gasteiger partial charge is 0.148 e. The summed E-state index contributed by atoms with van der Waals surface area (Å²) in [5.41, 5.74) is 3.04. The van der Waals surface area contributed by atoms with E-state index in [-0.39, 0.29) is 0 Å². The lowest BCUT2D eigenvalue weighted by molar-refractivity contribution is 0.400. The van der Waals surface area contributed by atoms with E-state index in [1.165, 1.54) is 17.4 Å². The molecule has 0 saturated heterocycles. The molecular formula is C14H22B. The van der Waals surface area contributed by atoms with Crippen molar-refractivity contribution in [1.29, 1.82) is 0 Å². The number of hydrogen-bond donors (Lipinski definition) is 0. The van der Waals surface area contributed by atoms with Gasteiger partial charge in [-0.15, -0.1) is 0 Å². The van der Waals surface area contributed by atoms with E-state index in [1.54, 1.807) is 0 Å². The number of benzene rings is 1. The lowest BCUT2D eigenvalue weighted by Gasteiger charge is -2.27. The second kappa shape index (κ2) is 4.87. The van der Waals surface area contributed by atoms with E-state index in [9.17, 15) is 0 Å². The van der Waals surface area contributed by atoms with Gasteiger partial charge in [0.1, 0.15) is 7.28 Å². The third kappa shape index (κ3) is 3.41. The molecule has 0 bridgehead atoms. The Morgan fingerprint density at radius 3 is 2.07 bits per heavy atom. The molecule has 0 atom stereocenters. The maximum Gasteiger partial charge on any atom is 0.148 e. The molecule has 0 aliphatic carbocycles. The van der Waals surface area contributed by atoms with Gasteiger partial charge in [0.25, 0.3) is 0 Å². The first kappa shape index (κ1) is 12.4. The van der Waals surface area contributed by atoms with Gasteiger partial charge in [0, 0.05) is 0 Å². The Balaban J connectivity index is 2.85. The van der Waals surface area contributed by atoms with Crippen LogP contribution >= 0.6 is 0 Å². The predicted molar refractivity (Wildman–Crippen MR) is 70.2 cm³/mol. The molecule has 1 aromatic rings. The lowest BCUT2D eigenvalue weighted by atomic mass is 9.71. The normalized spacial score (nSPS) is 11.9. The predicted octanol–water partition coefficient (Wildman–Crippen LogP) is 3.39. The van der Waals surface area contributed by atoms with E-state index in [0.717, 1.165) is 5.92 Å². The summed E-state index contributed by atoms with van der Waals surface area (Å²) >= 11 is 0. The summed E-state index contributed by atoms with van der Waals surface area (Å²) < 4.78 is 0. The molecule has 1 rings (SSSR count). The van der Waals surface area contributed by atoms with Gasteiger partial charge in [-0.2, -0.15) is 0 Å². The summed E-state index contributed by atoms with van der Waals surface area (Å²) in [5.74, 6) is 0.748. The van der Waals surface area contributed by atoms with Gasteiger partial charge >= 0.3 is 0 Å². The van der Waals surface area contributed by atoms with Crippen molar-refractivity contribution in [3.8, 4) is 0 Å². The molecule has 0 spiro atoms. The molecule has 0 aliphatic heterocycles. The minimum Gasteiger partial charge on any atom is -0.0881 e. The third-order valence-corrected chi connectivity index (χ3v) is 2.94. The first-order chi connectivity index (χ1) is 6.95. The van der Waals surface area contributed by atoms with Crippen LogP contribution in [0.5, 0.6) is 0 Å². The van der Waals surface area contributed by atoms with Gasteiger partial charge in [0.05, 0.1) is 0 Å². The molecule has 0 amide bonds. The van der Waals surface area contributed by atoms with Crippen LogP contribution in [-0.4, -0.2) is 7.28 Å². The summed E-state index contributed by atoms with van der Waals surface area (Å²) in [5, 5.41) is 0. The van der Waals surface area contributed by atoms with E-state index in [2.05, 4.69) is 66.1 Å². The highest BCUT2D eigenvalue weighted by molar-refractivity contribution is 6.51. The molecule has 0 nitrogen and oxygen atoms in total. The molecule has 81 valence electrons. The molecule has 0 fully saturated rings. The van der Waals surface area contributed by atoms with Crippen LogP contribution in [0.25, 0.3) is 0 Å². The van der Waals surface area contributed by atoms with Crippen molar-refractivity contribution in [3.05, 3.63) is 29.8 Å². The van der Waals surface area contributed by atoms with Gasteiger partial charge in [-0.25, -0.2) is 0 Å². The fourth-order valence-corrected chi connectivity index (χ4v) is 2.27. The fourth-order valence-electron chi connectivity index (χ4n) is 2.27. The monoisotopic (exact) mass is 201 g/mol. The Bertz CT molecular complexity index is 296. The van der Waals surface area contributed by atoms with Crippen molar-refractivity contribution < 1.29 is 0 Å². The smallest absolute Gasteiger partial charge is 0.0881 e. The van der Waals surface area contributed by atoms with Gasteiger partial charge < -0.3 is 0 Å². The molecular weight excluding hydrogens is 179 g/mol. The van der Waals surface area contributed by atoms with Crippen molar-refractivity contribution in [3.63, 3.8) is 0 Å². The Labute approximate surface area is 95.3 Å². The molecule has 0 saturated carbocycles. The third-order valence-electron chi connectivity index (χ3n) is 2.94. The van der Waals surface area contributed by atoms with Crippen molar-refractivity contribution in [2.45, 2.75) is 46.4 Å². The van der Waals surface area contributed by atoms with Crippen molar-refractivity contribution >= 4 is 12.7 Å². The molecule has 0 unspecified atom stereocenters. The summed E-state index contributed by atoms with van der Waals surface area (Å²) in [6.07, 6.45) is 1.24. The van der Waals surface area contributed by atoms with E-state index in [0.29, 0.717) is 5.41 Å². The van der Waals surface area contributed by atoms with Gasteiger partial charge in [-0.3, -0.25) is 0 Å². The second-order valence-electron chi connectivity index (χ2n) is 5.39. The average Bonchev–Trinajstić information content (AvgIpc) is 2.16. The first-order valence-electron chi connectivity index (χ1n) is 5.85. The standard InChI is InChI=1S/C14H22B/c1-11(2)10-14(3,4)12-6-8-13(15-5)9-7-12/h6-9,11H,10H2,1-5H3. The molecule has 1 radical (unpaired) electrons. The van der Waals surface area contributed by atoms with E-state index >= 15 is 0 Å². The van der Waals surface area contributed by atoms with Crippen LogP contribution in [0, 0.1) is 5.92 Å². The zero-order valence-electron chi connectivity index (χ0n) is 10.7. The number of hydrogen-bond acceptors (Lipinski definition) is 0. The van der Waals surface area contributed by atoms with Gasteiger partial charge in [0.2, 0.25) is 0 Å². The quantitative estimate of drug-likeness (QED) is 0.655. The average molecular weight is 201 g/mol. The van der Waals surface area contributed by atoms with Crippen LogP contribution in [0.1, 0.15) is 39.7 Å². The van der Waals surface area contributed by atoms with Crippen molar-refractivity contribution in [1.82, 2.24) is 0 Å². The molecule has 0 aliphatic rings. The van der Waals surface area contributed by atoms with E-state index in [1.807, 2.05) is 0 Å². The summed E-state index contributed by atoms with van der Waals surface area (Å²) in [6, 6.07) is 8.93. The molecule has 15 heavy (non-hydrogen) atoms. The Morgan fingerprint density at radius 1 is 1.13 bits per heavy atom. The molecule has 1 heteroatoms. The maximum absolute atomic E-state index is 2.33. The zero-order chi connectivity index (χ0) is 11.5. The Morgan fingerprint density at radius 2 is 1.67 bits per heavy atom. The Kier molecular flexibility index (Phi) is 4.01. The fraction of sp³-hybridized carbons (Fsp3) is 0.571. The van der Waals surface area contributed by atoms with Gasteiger partial charge in [-0.1, -0.05) is 64.2 Å². The van der Waals surface area contributed by atoms with Crippen LogP contribution in [0.3, 0.4) is 0 Å². The topological polar surface area (TPSA) is 0 Å². The van der Waals surface area contributed by atoms with Crippen LogP contribution in [0.2, 0.25) is 6.82 Å². The summed E-state index contributed by atoms with van der Waals surface area (Å²) in [6.45, 7) is 11.3. The molecule has 0 N–H and O–H groups in total. The highest BCUT2D eigenvalue weighted by Crippen LogP contribution is 2.29. The molecule has 1 aromatic carbocycles. The van der Waals surface area contributed by atoms with Crippen LogP contribution in [0.15, 0.2) is 24.3 Å². The number of rotatable bonds is 4. The van der Waals surface area contributed by atoms with E-state index < -0.39 is 0 Å². The molecule has 0 heterocycles. The van der Waals surface area contributed by atoms with Crippen molar-refractivity contribution in [2.24, 2.45) is 5.92 Å². The zero-order valence-corrected chi connectivity index (χ0v) is 10.7. The minimum absolute atomic E-state index is 0.292. The summed E-state index contributed by atoms with van der Waals surface area (Å²) in [4.78, 5) is 0. The van der Waals surface area contributed by atoms with Crippen LogP contribution in [-0.2, 0) is 5.41 Å². The lowest BCUT2D eigenvalue weighted by Crippen LogP contribution is -2.21. The highest BCUT2D eigenvalue weighted by Gasteiger charge is 2.21. The van der Waals surface area contributed by atoms with E-state index in [4.69, 9.17) is 0 Å². The Hall–Kier alpha value is -0.715. The summed E-state index contributed by atoms with van der Waals surface area (Å²) in [7, 11) is 2.14. The van der Waals surface area contributed by atoms with Crippen LogP contribution in [0.4, 0.5) is 0 Å². The van der Waals surface area contributed by atoms with Crippen LogP contribution < -0.4 is 5.46 Å². The van der Waals surface area contributed by atoms with Gasteiger partial charge in [0.15, 0.2) is 0 Å².